The van der Waals surface area contributed by atoms with E-state index in [1.54, 1.807) is 13.8 Å². The van der Waals surface area contributed by atoms with Crippen LogP contribution >= 0.6 is 0 Å². The van der Waals surface area contributed by atoms with Crippen LogP contribution in [-0.4, -0.2) is 45.0 Å². The van der Waals surface area contributed by atoms with Crippen molar-refractivity contribution < 1.29 is 19.1 Å². The second-order valence-corrected chi connectivity index (χ2v) is 7.13. The molecule has 8 nitrogen and oxygen atoms in total. The van der Waals surface area contributed by atoms with Crippen molar-refractivity contribution in [2.24, 2.45) is 0 Å². The maximum atomic E-state index is 12.5. The molecule has 0 amide bonds. The molecule has 164 valence electrons. The van der Waals surface area contributed by atoms with E-state index in [0.717, 1.165) is 27.6 Å². The third-order valence-corrected chi connectivity index (χ3v) is 5.19. The molecule has 4 rings (SSSR count). The van der Waals surface area contributed by atoms with Crippen molar-refractivity contribution in [3.8, 4) is 11.1 Å². The quantitative estimate of drug-likeness (QED) is 0.410. The first kappa shape index (κ1) is 21.4. The molecule has 0 radical (unpaired) electrons. The summed E-state index contributed by atoms with van der Waals surface area (Å²) in [6, 6.07) is 14.1. The van der Waals surface area contributed by atoms with Gasteiger partial charge in [-0.25, -0.2) is 9.31 Å². The van der Waals surface area contributed by atoms with Gasteiger partial charge < -0.3 is 9.47 Å². The van der Waals surface area contributed by atoms with Gasteiger partial charge in [0, 0.05) is 0 Å². The van der Waals surface area contributed by atoms with Gasteiger partial charge in [0.25, 0.3) is 0 Å². The molecular weight excluding hydrogens is 408 g/mol. The van der Waals surface area contributed by atoms with Crippen LogP contribution in [0.4, 0.5) is 0 Å². The minimum Gasteiger partial charge on any atom is -0.466 e. The van der Waals surface area contributed by atoms with Gasteiger partial charge in [-0.15, -0.1) is 10.2 Å². The molecule has 0 N–H and O–H groups in total. The number of carbonyl (C=O) groups is 2. The van der Waals surface area contributed by atoms with Crippen molar-refractivity contribution in [1.82, 2.24) is 19.8 Å². The lowest BCUT2D eigenvalue weighted by Gasteiger charge is -2.10. The van der Waals surface area contributed by atoms with Crippen LogP contribution in [0, 0.1) is 0 Å². The Balaban J connectivity index is 2.00. The molecule has 0 spiro atoms. The molecule has 0 fully saturated rings. The van der Waals surface area contributed by atoms with Crippen molar-refractivity contribution in [3.05, 3.63) is 59.5 Å². The molecule has 2 aromatic heterocycles. The molecular formula is C24H24N4O4. The van der Waals surface area contributed by atoms with Crippen LogP contribution in [-0.2, 0) is 27.1 Å². The number of nitrogens with zero attached hydrogens (tertiary/aromatic N) is 4. The lowest BCUT2D eigenvalue weighted by molar-refractivity contribution is -0.142. The zero-order chi connectivity index (χ0) is 22.7. The van der Waals surface area contributed by atoms with E-state index >= 15 is 0 Å². The van der Waals surface area contributed by atoms with Gasteiger partial charge in [-0.1, -0.05) is 49.4 Å². The molecule has 0 unspecified atom stereocenters. The summed E-state index contributed by atoms with van der Waals surface area (Å²) < 4.78 is 11.8. The maximum absolute atomic E-state index is 12.5. The molecule has 4 aromatic rings. The normalized spacial score (nSPS) is 11.1. The first-order chi connectivity index (χ1) is 15.6. The highest BCUT2D eigenvalue weighted by atomic mass is 16.5. The molecule has 0 saturated carbocycles. The van der Waals surface area contributed by atoms with Crippen LogP contribution < -0.4 is 0 Å². The van der Waals surface area contributed by atoms with Crippen molar-refractivity contribution in [3.63, 3.8) is 0 Å². The van der Waals surface area contributed by atoms with Crippen molar-refractivity contribution in [2.45, 2.75) is 33.6 Å². The topological polar surface area (TPSA) is 95.7 Å². The Morgan fingerprint density at radius 1 is 0.938 bits per heavy atom. The van der Waals surface area contributed by atoms with E-state index in [9.17, 15) is 9.59 Å². The number of benzene rings is 2. The van der Waals surface area contributed by atoms with Gasteiger partial charge in [0.05, 0.1) is 36.6 Å². The first-order valence-corrected chi connectivity index (χ1v) is 10.7. The minimum absolute atomic E-state index is 0.0398. The third kappa shape index (κ3) is 3.79. The summed E-state index contributed by atoms with van der Waals surface area (Å²) in [6.45, 7) is 5.84. The Hall–Kier alpha value is -3.81. The summed E-state index contributed by atoms with van der Waals surface area (Å²) in [5.41, 5.74) is 3.33. The molecule has 0 saturated heterocycles. The fourth-order valence-electron chi connectivity index (χ4n) is 3.82. The summed E-state index contributed by atoms with van der Waals surface area (Å²) in [6.07, 6.45) is 0.462. The van der Waals surface area contributed by atoms with Crippen LogP contribution in [0.25, 0.3) is 27.5 Å². The number of aromatic nitrogens is 4. The Kier molecular flexibility index (Phi) is 6.11. The predicted molar refractivity (Wildman–Crippen MR) is 119 cm³/mol. The number of rotatable bonds is 7. The molecule has 2 heterocycles. The average molecular weight is 432 g/mol. The smallest absolute Gasteiger partial charge is 0.360 e. The highest BCUT2D eigenvalue weighted by Gasteiger charge is 2.26. The van der Waals surface area contributed by atoms with Crippen molar-refractivity contribution >= 4 is 28.4 Å². The van der Waals surface area contributed by atoms with E-state index in [0.29, 0.717) is 17.8 Å². The van der Waals surface area contributed by atoms with Gasteiger partial charge in [0.15, 0.2) is 11.3 Å². The zero-order valence-corrected chi connectivity index (χ0v) is 18.3. The Bertz CT molecular complexity index is 1310. The molecule has 8 heteroatoms. The molecule has 0 aliphatic carbocycles. The second-order valence-electron chi connectivity index (χ2n) is 7.13. The van der Waals surface area contributed by atoms with Crippen LogP contribution in [0.5, 0.6) is 0 Å². The average Bonchev–Trinajstić information content (AvgIpc) is 3.18. The molecule has 0 atom stereocenters. The SMILES string of the molecule is CCOC(=O)Cc1c(C(=O)OCC)nnc2c(-c3cccc4ccccc34)c(CC)nn12. The third-order valence-electron chi connectivity index (χ3n) is 5.19. The number of hydrogen-bond acceptors (Lipinski definition) is 7. The van der Waals surface area contributed by atoms with Gasteiger partial charge in [0.2, 0.25) is 0 Å². The Labute approximate surface area is 185 Å². The molecule has 2 aromatic carbocycles. The van der Waals surface area contributed by atoms with Gasteiger partial charge >= 0.3 is 11.9 Å². The summed E-state index contributed by atoms with van der Waals surface area (Å²) in [5, 5.41) is 15.4. The first-order valence-electron chi connectivity index (χ1n) is 10.7. The van der Waals surface area contributed by atoms with Gasteiger partial charge in [-0.05, 0) is 36.6 Å². The molecule has 32 heavy (non-hydrogen) atoms. The Morgan fingerprint density at radius 2 is 1.69 bits per heavy atom. The number of aryl methyl sites for hydroxylation is 1. The lowest BCUT2D eigenvalue weighted by atomic mass is 9.97. The monoisotopic (exact) mass is 432 g/mol. The predicted octanol–water partition coefficient (Wildman–Crippen LogP) is 3.79. The van der Waals surface area contributed by atoms with Crippen LogP contribution in [0.15, 0.2) is 42.5 Å². The highest BCUT2D eigenvalue weighted by molar-refractivity contribution is 6.00. The van der Waals surface area contributed by atoms with E-state index in [-0.39, 0.29) is 25.3 Å². The lowest BCUT2D eigenvalue weighted by Crippen LogP contribution is -2.20. The largest absolute Gasteiger partial charge is 0.466 e. The fourth-order valence-corrected chi connectivity index (χ4v) is 3.82. The Morgan fingerprint density at radius 3 is 2.44 bits per heavy atom. The van der Waals surface area contributed by atoms with Crippen molar-refractivity contribution in [2.75, 3.05) is 13.2 Å². The van der Waals surface area contributed by atoms with Crippen molar-refractivity contribution in [1.29, 1.82) is 0 Å². The maximum Gasteiger partial charge on any atom is 0.360 e. The second kappa shape index (κ2) is 9.13. The zero-order valence-electron chi connectivity index (χ0n) is 18.3. The van der Waals surface area contributed by atoms with Gasteiger partial charge in [-0.2, -0.15) is 5.10 Å². The summed E-state index contributed by atoms with van der Waals surface area (Å²) in [7, 11) is 0. The van der Waals surface area contributed by atoms with Gasteiger partial charge in [0.1, 0.15) is 0 Å². The van der Waals surface area contributed by atoms with Crippen LogP contribution in [0.3, 0.4) is 0 Å². The molecule has 0 bridgehead atoms. The van der Waals surface area contributed by atoms with Crippen LogP contribution in [0.2, 0.25) is 0 Å². The van der Waals surface area contributed by atoms with Crippen LogP contribution in [0.1, 0.15) is 42.6 Å². The number of hydrogen-bond donors (Lipinski definition) is 0. The standard InChI is InChI=1S/C24H24N4O4/c1-4-18-21(17-13-9-11-15-10-7-8-12-16(15)17)23-26-25-22(24(30)32-6-3)19(28(23)27-18)14-20(29)31-5-2/h7-13H,4-6,14H2,1-3H3. The van der Waals surface area contributed by atoms with E-state index in [1.807, 2.05) is 49.4 Å². The molecule has 0 aliphatic rings. The van der Waals surface area contributed by atoms with Gasteiger partial charge in [-0.3, -0.25) is 4.79 Å². The fraction of sp³-hybridized carbons (Fsp3) is 0.292. The van der Waals surface area contributed by atoms with E-state index in [1.165, 1.54) is 4.52 Å². The number of esters is 2. The summed E-state index contributed by atoms with van der Waals surface area (Å²) in [4.78, 5) is 24.9. The number of ether oxygens (including phenoxy) is 2. The summed E-state index contributed by atoms with van der Waals surface area (Å²) in [5.74, 6) is -1.13. The minimum atomic E-state index is -0.651. The summed E-state index contributed by atoms with van der Waals surface area (Å²) >= 11 is 0. The molecule has 0 aliphatic heterocycles. The van der Waals surface area contributed by atoms with E-state index < -0.39 is 11.9 Å². The highest BCUT2D eigenvalue weighted by Crippen LogP contribution is 2.34. The number of carbonyl (C=O) groups excluding carboxylic acids is 2. The van der Waals surface area contributed by atoms with E-state index in [4.69, 9.17) is 14.6 Å². The van der Waals surface area contributed by atoms with E-state index in [2.05, 4.69) is 10.2 Å². The number of fused-ring (bicyclic) bond motifs is 2.